The van der Waals surface area contributed by atoms with E-state index in [0.29, 0.717) is 17.9 Å². The van der Waals surface area contributed by atoms with Gasteiger partial charge in [-0.1, -0.05) is 0 Å². The van der Waals surface area contributed by atoms with Crippen LogP contribution in [0.4, 0.5) is 0 Å². The van der Waals surface area contributed by atoms with Gasteiger partial charge in [-0.3, -0.25) is 9.59 Å². The molecule has 3 fully saturated rings. The first-order valence-corrected chi connectivity index (χ1v) is 10.9. The number of aliphatic hydroxyl groups excluding tert-OH is 1. The van der Waals surface area contributed by atoms with Crippen LogP contribution in [0.15, 0.2) is 10.6 Å². The fourth-order valence-corrected chi connectivity index (χ4v) is 6.24. The number of aliphatic carboxylic acids is 1. The summed E-state index contributed by atoms with van der Waals surface area (Å²) < 4.78 is 0. The number of rotatable bonds is 5. The number of thioether (sulfide) groups is 1. The van der Waals surface area contributed by atoms with Crippen LogP contribution in [0.2, 0.25) is 0 Å². The molecule has 9 heteroatoms. The van der Waals surface area contributed by atoms with Crippen molar-refractivity contribution in [2.75, 3.05) is 19.6 Å². The number of hydrogen-bond acceptors (Lipinski definition) is 6. The van der Waals surface area contributed by atoms with Gasteiger partial charge in [-0.2, -0.15) is 0 Å². The molecule has 0 unspecified atom stereocenters. The second-order valence-corrected chi connectivity index (χ2v) is 9.53. The topological polar surface area (TPSA) is 110 Å². The SMILES string of the molecule is C[C@@H](O)[C@H]1C(=O)N2C(C(=O)O)=C(S[C@H]3CC[C@@H](C(=O)N4CCCC4)NC3)C[C@H]12. The van der Waals surface area contributed by atoms with Crippen molar-refractivity contribution < 1.29 is 24.6 Å². The van der Waals surface area contributed by atoms with E-state index in [4.69, 9.17) is 0 Å². The van der Waals surface area contributed by atoms with Crippen LogP contribution in [-0.2, 0) is 14.4 Å². The number of β-lactam (4-membered cyclic amide) rings is 1. The van der Waals surface area contributed by atoms with E-state index in [0.717, 1.165) is 38.8 Å². The Balaban J connectivity index is 1.37. The van der Waals surface area contributed by atoms with Gasteiger partial charge < -0.3 is 25.3 Å². The van der Waals surface area contributed by atoms with Crippen molar-refractivity contribution in [1.29, 1.82) is 0 Å². The lowest BCUT2D eigenvalue weighted by Crippen LogP contribution is -2.61. The van der Waals surface area contributed by atoms with E-state index in [1.54, 1.807) is 6.92 Å². The summed E-state index contributed by atoms with van der Waals surface area (Å²) in [7, 11) is 0. The molecule has 5 atom stereocenters. The lowest BCUT2D eigenvalue weighted by molar-refractivity contribution is -0.161. The van der Waals surface area contributed by atoms with Crippen LogP contribution in [0.1, 0.15) is 39.0 Å². The molecule has 8 nitrogen and oxygen atoms in total. The zero-order chi connectivity index (χ0) is 20.0. The Morgan fingerprint density at radius 2 is 1.96 bits per heavy atom. The smallest absolute Gasteiger partial charge is 0.353 e. The molecular weight excluding hydrogens is 382 g/mol. The third kappa shape index (κ3) is 3.33. The molecular formula is C19H27N3O5S. The van der Waals surface area contributed by atoms with Gasteiger partial charge in [0.2, 0.25) is 11.8 Å². The maximum atomic E-state index is 12.5. The van der Waals surface area contributed by atoms with Gasteiger partial charge in [0.25, 0.3) is 0 Å². The van der Waals surface area contributed by atoms with E-state index in [-0.39, 0.29) is 34.8 Å². The molecule has 2 amide bonds. The highest BCUT2D eigenvalue weighted by atomic mass is 32.2. The van der Waals surface area contributed by atoms with E-state index in [9.17, 15) is 24.6 Å². The first kappa shape index (κ1) is 19.7. The molecule has 0 saturated carbocycles. The molecule has 0 radical (unpaired) electrons. The van der Waals surface area contributed by atoms with Gasteiger partial charge >= 0.3 is 5.97 Å². The first-order chi connectivity index (χ1) is 13.4. The van der Waals surface area contributed by atoms with Crippen LogP contribution in [0.3, 0.4) is 0 Å². The Morgan fingerprint density at radius 1 is 1.25 bits per heavy atom. The van der Waals surface area contributed by atoms with Crippen LogP contribution < -0.4 is 5.32 Å². The zero-order valence-corrected chi connectivity index (χ0v) is 16.8. The molecule has 154 valence electrons. The molecule has 0 aromatic rings. The van der Waals surface area contributed by atoms with Crippen LogP contribution in [-0.4, -0.2) is 80.9 Å². The average molecular weight is 410 g/mol. The number of nitrogens with one attached hydrogen (secondary N) is 1. The van der Waals surface area contributed by atoms with E-state index < -0.39 is 18.0 Å². The predicted molar refractivity (Wildman–Crippen MR) is 103 cm³/mol. The van der Waals surface area contributed by atoms with E-state index in [2.05, 4.69) is 5.32 Å². The molecule has 28 heavy (non-hydrogen) atoms. The molecule has 0 bridgehead atoms. The summed E-state index contributed by atoms with van der Waals surface area (Å²) >= 11 is 1.51. The summed E-state index contributed by atoms with van der Waals surface area (Å²) in [6.45, 7) is 3.91. The summed E-state index contributed by atoms with van der Waals surface area (Å²) in [5.74, 6) is -1.72. The number of likely N-dealkylation sites (tertiary alicyclic amines) is 1. The normalized spacial score (nSPS) is 33.7. The Kier molecular flexibility index (Phi) is 5.41. The summed E-state index contributed by atoms with van der Waals surface area (Å²) in [4.78, 5) is 40.6. The second kappa shape index (κ2) is 7.68. The van der Waals surface area contributed by atoms with Gasteiger partial charge in [-0.15, -0.1) is 11.8 Å². The summed E-state index contributed by atoms with van der Waals surface area (Å²) in [5.41, 5.74) is 0.0761. The van der Waals surface area contributed by atoms with Gasteiger partial charge in [0.1, 0.15) is 5.70 Å². The molecule has 4 heterocycles. The van der Waals surface area contributed by atoms with E-state index in [1.165, 1.54) is 16.7 Å². The highest BCUT2D eigenvalue weighted by molar-refractivity contribution is 8.03. The standard InChI is InChI=1S/C19H27N3O5S/c1-10(23)15-13-8-14(16(19(26)27)22(13)18(15)25)28-11-4-5-12(20-9-11)17(24)21-6-2-3-7-21/h10-13,15,20,23H,2-9H2,1H3,(H,26,27)/t10-,11+,12+,13-,15-/m1/s1. The van der Waals surface area contributed by atoms with Crippen molar-refractivity contribution in [2.24, 2.45) is 5.92 Å². The monoisotopic (exact) mass is 409 g/mol. The number of nitrogens with zero attached hydrogens (tertiary/aromatic N) is 2. The molecule has 0 aromatic heterocycles. The number of fused-ring (bicyclic) bond motifs is 1. The number of hydrogen-bond donors (Lipinski definition) is 3. The Labute approximate surface area is 168 Å². The summed E-state index contributed by atoms with van der Waals surface area (Å²) in [5, 5.41) is 23.0. The lowest BCUT2D eigenvalue weighted by atomic mass is 9.83. The third-order valence-corrected chi connectivity index (χ3v) is 7.66. The number of piperidine rings is 1. The zero-order valence-electron chi connectivity index (χ0n) is 16.0. The fraction of sp³-hybridized carbons (Fsp3) is 0.737. The number of carbonyl (C=O) groups is 3. The number of aliphatic hydroxyl groups is 1. The van der Waals surface area contributed by atoms with Crippen LogP contribution in [0.25, 0.3) is 0 Å². The van der Waals surface area contributed by atoms with Crippen molar-refractivity contribution in [3.8, 4) is 0 Å². The Hall–Kier alpha value is -1.58. The van der Waals surface area contributed by atoms with Crippen molar-refractivity contribution in [3.05, 3.63) is 10.6 Å². The summed E-state index contributed by atoms with van der Waals surface area (Å²) in [6, 6.07) is -0.394. The maximum Gasteiger partial charge on any atom is 0.353 e. The fourth-order valence-electron chi connectivity index (χ4n) is 4.84. The molecule has 0 aromatic carbocycles. The van der Waals surface area contributed by atoms with Crippen LogP contribution >= 0.6 is 11.8 Å². The lowest BCUT2D eigenvalue weighted by Gasteiger charge is -2.44. The van der Waals surface area contributed by atoms with Gasteiger partial charge in [0.05, 0.1) is 24.1 Å². The van der Waals surface area contributed by atoms with E-state index >= 15 is 0 Å². The van der Waals surface area contributed by atoms with Gasteiger partial charge in [0, 0.05) is 36.2 Å². The predicted octanol–water partition coefficient (Wildman–Crippen LogP) is 0.370. The molecule has 3 saturated heterocycles. The van der Waals surface area contributed by atoms with Crippen LogP contribution in [0, 0.1) is 5.92 Å². The highest BCUT2D eigenvalue weighted by Gasteiger charge is 2.57. The first-order valence-electron chi connectivity index (χ1n) is 10.0. The maximum absolute atomic E-state index is 12.5. The second-order valence-electron chi connectivity index (χ2n) is 8.13. The van der Waals surface area contributed by atoms with Gasteiger partial charge in [-0.25, -0.2) is 4.79 Å². The minimum atomic E-state index is -1.09. The number of carboxylic acid groups (broad SMARTS) is 1. The Morgan fingerprint density at radius 3 is 2.54 bits per heavy atom. The molecule has 3 N–H and O–H groups in total. The molecule has 0 aliphatic carbocycles. The quantitative estimate of drug-likeness (QED) is 0.563. The van der Waals surface area contributed by atoms with Crippen molar-refractivity contribution in [1.82, 2.24) is 15.1 Å². The van der Waals surface area contributed by atoms with Gasteiger partial charge in [0.15, 0.2) is 0 Å². The van der Waals surface area contributed by atoms with Crippen LogP contribution in [0.5, 0.6) is 0 Å². The number of carbonyl (C=O) groups excluding carboxylic acids is 2. The van der Waals surface area contributed by atoms with Crippen molar-refractivity contribution >= 4 is 29.5 Å². The molecule has 0 spiro atoms. The van der Waals surface area contributed by atoms with Gasteiger partial charge in [-0.05, 0) is 32.6 Å². The third-order valence-electron chi connectivity index (χ3n) is 6.28. The Bertz CT molecular complexity index is 710. The summed E-state index contributed by atoms with van der Waals surface area (Å²) in [6.07, 6.45) is 3.43. The number of amides is 2. The minimum absolute atomic E-state index is 0.0761. The molecule has 4 aliphatic rings. The highest BCUT2D eigenvalue weighted by Crippen LogP contribution is 2.48. The average Bonchev–Trinajstić information content (AvgIpc) is 3.28. The molecule has 4 rings (SSSR count). The van der Waals surface area contributed by atoms with Crippen molar-refractivity contribution in [2.45, 2.75) is 62.5 Å². The largest absolute Gasteiger partial charge is 0.477 e. The molecule has 4 aliphatic heterocycles. The van der Waals surface area contributed by atoms with E-state index in [1.807, 2.05) is 4.90 Å². The minimum Gasteiger partial charge on any atom is -0.477 e. The number of carboxylic acids is 1. The van der Waals surface area contributed by atoms with Crippen molar-refractivity contribution in [3.63, 3.8) is 0 Å².